The van der Waals surface area contributed by atoms with Crippen molar-refractivity contribution in [3.8, 4) is 33.6 Å². The molecule has 0 radical (unpaired) electrons. The van der Waals surface area contributed by atoms with Crippen LogP contribution in [0.4, 0.5) is 0 Å². The smallest absolute Gasteiger partial charge is 0.0715 e. The van der Waals surface area contributed by atoms with E-state index in [0.717, 1.165) is 56.0 Å². The average Bonchev–Trinajstić information content (AvgIpc) is 3.18. The number of likely N-dealkylation sites (N-methyl/N-ethyl adjacent to an activating group) is 1. The first-order valence-electron chi connectivity index (χ1n) is 16.5. The third-order valence-corrected chi connectivity index (χ3v) is 8.72. The van der Waals surface area contributed by atoms with Crippen LogP contribution in [0.25, 0.3) is 50.4 Å². The van der Waals surface area contributed by atoms with Crippen molar-refractivity contribution >= 4 is 16.7 Å². The maximum atomic E-state index is 5.07. The van der Waals surface area contributed by atoms with Gasteiger partial charge in [0.1, 0.15) is 0 Å². The normalized spacial score (nSPS) is 14.6. The van der Waals surface area contributed by atoms with Crippen LogP contribution in [0.2, 0.25) is 0 Å². The van der Waals surface area contributed by atoms with Gasteiger partial charge in [-0.15, -0.1) is 0 Å². The Hall–Kier alpha value is -6.32. The number of hydrogen-bond donors (Lipinski definition) is 0. The summed E-state index contributed by atoms with van der Waals surface area (Å²) < 4.78 is 0. The van der Waals surface area contributed by atoms with Crippen molar-refractivity contribution in [1.82, 2.24) is 14.9 Å². The molecule has 0 saturated carbocycles. The molecule has 0 bridgehead atoms. The van der Waals surface area contributed by atoms with E-state index in [9.17, 15) is 0 Å². The Kier molecular flexibility index (Phi) is 9.34. The van der Waals surface area contributed by atoms with Gasteiger partial charge in [-0.1, -0.05) is 146 Å². The summed E-state index contributed by atoms with van der Waals surface area (Å²) in [6, 6.07) is 50.1. The largest absolute Gasteiger partial charge is 0.371 e. The van der Waals surface area contributed by atoms with Crippen molar-refractivity contribution in [2.45, 2.75) is 6.04 Å². The Morgan fingerprint density at radius 3 is 1.80 bits per heavy atom. The van der Waals surface area contributed by atoms with E-state index in [1.165, 1.54) is 11.1 Å². The minimum atomic E-state index is 0.0597. The molecule has 6 aromatic rings. The fourth-order valence-corrected chi connectivity index (χ4v) is 5.98. The zero-order valence-electron chi connectivity index (χ0n) is 27.5. The summed E-state index contributed by atoms with van der Waals surface area (Å²) in [7, 11) is 2.10. The van der Waals surface area contributed by atoms with Crippen LogP contribution in [0.5, 0.6) is 0 Å². The topological polar surface area (TPSA) is 29.0 Å². The minimum Gasteiger partial charge on any atom is -0.371 e. The second-order valence-electron chi connectivity index (χ2n) is 12.1. The second-order valence-corrected chi connectivity index (χ2v) is 12.1. The van der Waals surface area contributed by atoms with Crippen LogP contribution in [-0.4, -0.2) is 28.0 Å². The molecule has 3 nitrogen and oxygen atoms in total. The van der Waals surface area contributed by atoms with Crippen LogP contribution in [0, 0.1) is 0 Å². The molecular weight excluding hydrogens is 595 g/mol. The van der Waals surface area contributed by atoms with Gasteiger partial charge < -0.3 is 4.90 Å². The summed E-state index contributed by atoms with van der Waals surface area (Å²) in [4.78, 5) is 12.2. The van der Waals surface area contributed by atoms with Crippen LogP contribution < -0.4 is 0 Å². The number of pyridine rings is 2. The van der Waals surface area contributed by atoms with Crippen LogP contribution in [-0.2, 0) is 0 Å². The highest BCUT2D eigenvalue weighted by molar-refractivity contribution is 5.88. The Balaban J connectivity index is 1.31. The maximum absolute atomic E-state index is 5.07. The molecule has 1 aliphatic heterocycles. The van der Waals surface area contributed by atoms with Gasteiger partial charge in [0.2, 0.25) is 0 Å². The summed E-state index contributed by atoms with van der Waals surface area (Å²) in [6.45, 7) is 4.60. The van der Waals surface area contributed by atoms with Crippen molar-refractivity contribution in [1.29, 1.82) is 0 Å². The van der Waals surface area contributed by atoms with Crippen molar-refractivity contribution < 1.29 is 0 Å². The van der Waals surface area contributed by atoms with E-state index in [0.29, 0.717) is 0 Å². The summed E-state index contributed by atoms with van der Waals surface area (Å²) in [6.07, 6.45) is 15.1. The molecule has 0 amide bonds. The molecule has 0 aliphatic carbocycles. The maximum Gasteiger partial charge on any atom is 0.0715 e. The molecule has 4 aromatic carbocycles. The summed E-state index contributed by atoms with van der Waals surface area (Å²) in [5.41, 5.74) is 12.3. The van der Waals surface area contributed by atoms with E-state index in [4.69, 9.17) is 9.97 Å². The molecule has 49 heavy (non-hydrogen) atoms. The third kappa shape index (κ3) is 7.48. The van der Waals surface area contributed by atoms with E-state index >= 15 is 0 Å². The van der Waals surface area contributed by atoms with Crippen LogP contribution in [0.1, 0.15) is 16.8 Å². The fourth-order valence-electron chi connectivity index (χ4n) is 5.98. The first-order chi connectivity index (χ1) is 24.1. The molecular formula is C46H37N3. The first-order valence-corrected chi connectivity index (χ1v) is 16.5. The van der Waals surface area contributed by atoms with Crippen LogP contribution in [0.15, 0.2) is 195 Å². The monoisotopic (exact) mass is 631 g/mol. The highest BCUT2D eigenvalue weighted by Crippen LogP contribution is 2.31. The number of rotatable bonds is 9. The van der Waals surface area contributed by atoms with Crippen molar-refractivity contribution in [3.63, 3.8) is 0 Å². The zero-order chi connectivity index (χ0) is 33.4. The Morgan fingerprint density at radius 2 is 1.20 bits per heavy atom. The first kappa shape index (κ1) is 31.3. The molecule has 0 fully saturated rings. The van der Waals surface area contributed by atoms with E-state index in [-0.39, 0.29) is 6.04 Å². The highest BCUT2D eigenvalue weighted by Gasteiger charge is 2.14. The number of allylic oxidation sites excluding steroid dienone is 6. The van der Waals surface area contributed by atoms with Gasteiger partial charge in [-0.05, 0) is 69.8 Å². The van der Waals surface area contributed by atoms with Gasteiger partial charge in [0, 0.05) is 36.1 Å². The standard InChI is InChI=1S/C46H37N3/c1-34(42-32-45(37-19-11-5-12-20-37)48-46(33-42)38-21-13-6-14-22-38)29-41(44-31-39(25-27-47-44)35-15-7-3-8-16-35)23-24-43-30-40(26-28-49(43)2)36-17-9-4-10-18-36/h3-33,43H,1H2,2H3/b24-23+,41-29+. The third-order valence-electron chi connectivity index (χ3n) is 8.72. The van der Waals surface area contributed by atoms with Crippen molar-refractivity contribution in [2.24, 2.45) is 0 Å². The summed E-state index contributed by atoms with van der Waals surface area (Å²) in [5.74, 6) is 0. The molecule has 1 atom stereocenters. The predicted octanol–water partition coefficient (Wildman–Crippen LogP) is 11.0. The average molecular weight is 632 g/mol. The van der Waals surface area contributed by atoms with Crippen LogP contribution in [0.3, 0.4) is 0 Å². The van der Waals surface area contributed by atoms with Crippen molar-refractivity contribution in [3.05, 3.63) is 212 Å². The SMILES string of the molecule is C=C(/C=C(\C=C\C1C=C(c2ccccc2)C=CN1C)c1cc(-c2ccccc2)ccn1)c1cc(-c2ccccc2)nc(-c2ccccc2)c1. The highest BCUT2D eigenvalue weighted by atomic mass is 15.1. The van der Waals surface area contributed by atoms with Crippen molar-refractivity contribution in [2.75, 3.05) is 7.05 Å². The van der Waals surface area contributed by atoms with Gasteiger partial charge in [-0.2, -0.15) is 0 Å². The van der Waals surface area contributed by atoms with E-state index in [2.05, 4.69) is 158 Å². The molecule has 3 heterocycles. The Bertz CT molecular complexity index is 2120. The van der Waals surface area contributed by atoms with E-state index in [1.54, 1.807) is 0 Å². The van der Waals surface area contributed by atoms with Gasteiger partial charge >= 0.3 is 0 Å². The molecule has 0 spiro atoms. The Labute approximate surface area is 289 Å². The lowest BCUT2D eigenvalue weighted by molar-refractivity contribution is 0.435. The summed E-state index contributed by atoms with van der Waals surface area (Å²) in [5, 5.41) is 0. The van der Waals surface area contributed by atoms with Gasteiger partial charge in [-0.25, -0.2) is 4.98 Å². The molecule has 0 saturated heterocycles. The van der Waals surface area contributed by atoms with Gasteiger partial charge in [-0.3, -0.25) is 4.98 Å². The van der Waals surface area contributed by atoms with Crippen LogP contribution >= 0.6 is 0 Å². The molecule has 3 heteroatoms. The number of benzene rings is 4. The molecule has 1 unspecified atom stereocenters. The van der Waals surface area contributed by atoms with Gasteiger partial charge in [0.15, 0.2) is 0 Å². The second kappa shape index (κ2) is 14.6. The molecule has 2 aromatic heterocycles. The Morgan fingerprint density at radius 1 is 0.653 bits per heavy atom. The molecule has 7 rings (SSSR count). The lowest BCUT2D eigenvalue weighted by Gasteiger charge is -2.26. The quantitative estimate of drug-likeness (QED) is 0.149. The van der Waals surface area contributed by atoms with Gasteiger partial charge in [0.25, 0.3) is 0 Å². The molecule has 236 valence electrons. The van der Waals surface area contributed by atoms with Gasteiger partial charge in [0.05, 0.1) is 23.1 Å². The zero-order valence-corrected chi connectivity index (χ0v) is 27.5. The lowest BCUT2D eigenvalue weighted by atomic mass is 9.96. The number of nitrogens with zero attached hydrogens (tertiary/aromatic N) is 3. The lowest BCUT2D eigenvalue weighted by Crippen LogP contribution is -2.25. The summed E-state index contributed by atoms with van der Waals surface area (Å²) >= 11 is 0. The van der Waals surface area contributed by atoms with E-state index < -0.39 is 0 Å². The van der Waals surface area contributed by atoms with E-state index in [1.807, 2.05) is 48.7 Å². The molecule has 1 aliphatic rings. The number of aromatic nitrogens is 2. The minimum absolute atomic E-state index is 0.0597. The fraction of sp³-hybridized carbons (Fsp3) is 0.0435. The predicted molar refractivity (Wildman–Crippen MR) is 206 cm³/mol. The molecule has 0 N–H and O–H groups in total. The number of hydrogen-bond acceptors (Lipinski definition) is 3.